The summed E-state index contributed by atoms with van der Waals surface area (Å²) in [5, 5.41) is 0. The van der Waals surface area contributed by atoms with E-state index in [4.69, 9.17) is 4.74 Å². The number of benzene rings is 2. The van der Waals surface area contributed by atoms with Crippen molar-refractivity contribution in [3.63, 3.8) is 0 Å². The zero-order valence-corrected chi connectivity index (χ0v) is 13.6. The molecule has 1 saturated heterocycles. The molecular weight excluding hydrogens is 286 g/mol. The molecule has 1 fully saturated rings. The van der Waals surface area contributed by atoms with Crippen molar-refractivity contribution in [3.8, 4) is 5.75 Å². The molecule has 23 heavy (non-hydrogen) atoms. The Morgan fingerprint density at radius 1 is 1.04 bits per heavy atom. The molecule has 0 aliphatic carbocycles. The summed E-state index contributed by atoms with van der Waals surface area (Å²) >= 11 is 0. The van der Waals surface area contributed by atoms with Crippen LogP contribution in [0.2, 0.25) is 0 Å². The number of ether oxygens (including phenoxy) is 1. The molecule has 1 aliphatic rings. The molecule has 1 unspecified atom stereocenters. The molecule has 0 aromatic heterocycles. The Morgan fingerprint density at radius 2 is 1.78 bits per heavy atom. The smallest absolute Gasteiger partial charge is 0.135 e. The molecule has 1 heterocycles. The normalized spacial score (nSPS) is 17.0. The first kappa shape index (κ1) is 15.8. The number of Topliss-reactive ketones (excluding diaryl/α,β-unsaturated/α-hetero) is 1. The maximum Gasteiger partial charge on any atom is 0.135 e. The van der Waals surface area contributed by atoms with E-state index in [2.05, 4.69) is 36.1 Å². The summed E-state index contributed by atoms with van der Waals surface area (Å²) in [5.74, 6) is 1.28. The number of hydrogen-bond acceptors (Lipinski definition) is 3. The van der Waals surface area contributed by atoms with Crippen LogP contribution in [0.4, 0.5) is 0 Å². The summed E-state index contributed by atoms with van der Waals surface area (Å²) in [4.78, 5) is 13.8. The number of hydrogen-bond donors (Lipinski definition) is 0. The standard InChI is InChI=1S/C20H23NO2/c1-16(21-12-10-19(22)11-13-21)18-8-5-9-20(14-18)23-15-17-6-3-2-4-7-17/h2-9,14,16H,10-13,15H2,1H3. The molecule has 0 saturated carbocycles. The highest BCUT2D eigenvalue weighted by atomic mass is 16.5. The van der Waals surface area contributed by atoms with Crippen molar-refractivity contribution < 1.29 is 9.53 Å². The predicted octanol–water partition coefficient (Wildman–Crippen LogP) is 3.99. The fraction of sp³-hybridized carbons (Fsp3) is 0.350. The zero-order chi connectivity index (χ0) is 16.1. The van der Waals surface area contributed by atoms with Gasteiger partial charge in [0.15, 0.2) is 0 Å². The Balaban J connectivity index is 1.63. The highest BCUT2D eigenvalue weighted by Gasteiger charge is 2.21. The fourth-order valence-corrected chi connectivity index (χ4v) is 2.98. The second-order valence-electron chi connectivity index (χ2n) is 6.10. The first-order chi connectivity index (χ1) is 11.2. The number of nitrogens with zero attached hydrogens (tertiary/aromatic N) is 1. The van der Waals surface area contributed by atoms with Crippen LogP contribution in [0.25, 0.3) is 0 Å². The number of ketones is 1. The summed E-state index contributed by atoms with van der Waals surface area (Å²) in [6.07, 6.45) is 1.35. The average molecular weight is 309 g/mol. The van der Waals surface area contributed by atoms with Crippen molar-refractivity contribution in [2.75, 3.05) is 13.1 Å². The van der Waals surface area contributed by atoms with E-state index in [1.165, 1.54) is 11.1 Å². The SMILES string of the molecule is CC(c1cccc(OCc2ccccc2)c1)N1CCC(=O)CC1. The lowest BCUT2D eigenvalue weighted by atomic mass is 10.0. The van der Waals surface area contributed by atoms with E-state index in [9.17, 15) is 4.79 Å². The van der Waals surface area contributed by atoms with Crippen molar-refractivity contribution >= 4 is 5.78 Å². The topological polar surface area (TPSA) is 29.5 Å². The molecule has 2 aromatic carbocycles. The Bertz CT molecular complexity index is 644. The second-order valence-corrected chi connectivity index (χ2v) is 6.10. The van der Waals surface area contributed by atoms with Gasteiger partial charge in [0, 0.05) is 32.0 Å². The van der Waals surface area contributed by atoms with Crippen LogP contribution in [0.3, 0.4) is 0 Å². The quantitative estimate of drug-likeness (QED) is 0.836. The molecule has 0 radical (unpaired) electrons. The molecule has 120 valence electrons. The van der Waals surface area contributed by atoms with Gasteiger partial charge in [-0.3, -0.25) is 9.69 Å². The Morgan fingerprint density at radius 3 is 2.52 bits per heavy atom. The Hall–Kier alpha value is -2.13. The van der Waals surface area contributed by atoms with E-state index in [1.807, 2.05) is 30.3 Å². The summed E-state index contributed by atoms with van der Waals surface area (Å²) in [7, 11) is 0. The van der Waals surface area contributed by atoms with Crippen LogP contribution < -0.4 is 4.74 Å². The molecule has 0 amide bonds. The van der Waals surface area contributed by atoms with E-state index in [0.717, 1.165) is 18.8 Å². The maximum absolute atomic E-state index is 11.4. The first-order valence-corrected chi connectivity index (χ1v) is 8.25. The van der Waals surface area contributed by atoms with Crippen molar-refractivity contribution in [2.24, 2.45) is 0 Å². The van der Waals surface area contributed by atoms with Gasteiger partial charge in [0.25, 0.3) is 0 Å². The van der Waals surface area contributed by atoms with Gasteiger partial charge in [-0.25, -0.2) is 0 Å². The van der Waals surface area contributed by atoms with Crippen molar-refractivity contribution in [2.45, 2.75) is 32.4 Å². The summed E-state index contributed by atoms with van der Waals surface area (Å²) in [6.45, 7) is 4.49. The molecule has 0 spiro atoms. The second kappa shape index (κ2) is 7.42. The van der Waals surface area contributed by atoms with Crippen LogP contribution in [0, 0.1) is 0 Å². The van der Waals surface area contributed by atoms with E-state index < -0.39 is 0 Å². The van der Waals surface area contributed by atoms with E-state index in [0.29, 0.717) is 31.3 Å². The molecule has 1 aliphatic heterocycles. The average Bonchev–Trinajstić information content (AvgIpc) is 2.61. The fourth-order valence-electron chi connectivity index (χ4n) is 2.98. The van der Waals surface area contributed by atoms with Gasteiger partial charge in [0.1, 0.15) is 18.1 Å². The van der Waals surface area contributed by atoms with Gasteiger partial charge < -0.3 is 4.74 Å². The van der Waals surface area contributed by atoms with Crippen LogP contribution in [-0.2, 0) is 11.4 Å². The van der Waals surface area contributed by atoms with Crippen LogP contribution in [0.15, 0.2) is 54.6 Å². The van der Waals surface area contributed by atoms with Gasteiger partial charge in [-0.15, -0.1) is 0 Å². The van der Waals surface area contributed by atoms with Crippen LogP contribution >= 0.6 is 0 Å². The Kier molecular flexibility index (Phi) is 5.09. The number of carbonyl (C=O) groups is 1. The maximum atomic E-state index is 11.4. The summed E-state index contributed by atoms with van der Waals surface area (Å²) in [6, 6.07) is 18.8. The third-order valence-electron chi connectivity index (χ3n) is 4.49. The van der Waals surface area contributed by atoms with Gasteiger partial charge in [0.05, 0.1) is 0 Å². The molecule has 3 nitrogen and oxygen atoms in total. The third-order valence-corrected chi connectivity index (χ3v) is 4.49. The summed E-state index contributed by atoms with van der Waals surface area (Å²) in [5.41, 5.74) is 2.41. The lowest BCUT2D eigenvalue weighted by molar-refractivity contribution is -0.121. The van der Waals surface area contributed by atoms with Gasteiger partial charge in [-0.2, -0.15) is 0 Å². The van der Waals surface area contributed by atoms with Crippen molar-refractivity contribution in [3.05, 3.63) is 65.7 Å². The molecule has 3 rings (SSSR count). The largest absolute Gasteiger partial charge is 0.489 e. The van der Waals surface area contributed by atoms with Crippen LogP contribution in [0.5, 0.6) is 5.75 Å². The molecular formula is C20H23NO2. The molecule has 0 bridgehead atoms. The van der Waals surface area contributed by atoms with Crippen LogP contribution in [0.1, 0.15) is 36.9 Å². The van der Waals surface area contributed by atoms with E-state index in [-0.39, 0.29) is 0 Å². The lowest BCUT2D eigenvalue weighted by Gasteiger charge is -2.32. The van der Waals surface area contributed by atoms with Gasteiger partial charge in [-0.1, -0.05) is 42.5 Å². The molecule has 1 atom stereocenters. The number of rotatable bonds is 5. The van der Waals surface area contributed by atoms with Gasteiger partial charge >= 0.3 is 0 Å². The highest BCUT2D eigenvalue weighted by molar-refractivity contribution is 5.79. The molecule has 3 heteroatoms. The predicted molar refractivity (Wildman–Crippen MR) is 91.4 cm³/mol. The van der Waals surface area contributed by atoms with Crippen molar-refractivity contribution in [1.82, 2.24) is 4.90 Å². The number of piperidine rings is 1. The highest BCUT2D eigenvalue weighted by Crippen LogP contribution is 2.26. The number of carbonyl (C=O) groups excluding carboxylic acids is 1. The zero-order valence-electron chi connectivity index (χ0n) is 13.6. The lowest BCUT2D eigenvalue weighted by Crippen LogP contribution is -2.35. The van der Waals surface area contributed by atoms with E-state index >= 15 is 0 Å². The van der Waals surface area contributed by atoms with Gasteiger partial charge in [0.2, 0.25) is 0 Å². The third kappa shape index (κ3) is 4.20. The monoisotopic (exact) mass is 309 g/mol. The number of likely N-dealkylation sites (tertiary alicyclic amines) is 1. The minimum atomic E-state index is 0.309. The van der Waals surface area contributed by atoms with E-state index in [1.54, 1.807) is 0 Å². The molecule has 0 N–H and O–H groups in total. The minimum Gasteiger partial charge on any atom is -0.489 e. The van der Waals surface area contributed by atoms with Crippen LogP contribution in [-0.4, -0.2) is 23.8 Å². The van der Waals surface area contributed by atoms with Crippen molar-refractivity contribution in [1.29, 1.82) is 0 Å². The summed E-state index contributed by atoms with van der Waals surface area (Å²) < 4.78 is 5.91. The minimum absolute atomic E-state index is 0.309. The van der Waals surface area contributed by atoms with Gasteiger partial charge in [-0.05, 0) is 30.2 Å². The molecule has 2 aromatic rings. The first-order valence-electron chi connectivity index (χ1n) is 8.25. The Labute approximate surface area is 137 Å².